The van der Waals surface area contributed by atoms with E-state index in [1.54, 1.807) is 0 Å². The zero-order valence-corrected chi connectivity index (χ0v) is 10.3. The SMILES string of the molecule is CC(C)O[P+](O)(OC(C)C)C(C)C. The van der Waals surface area contributed by atoms with Crippen molar-refractivity contribution in [2.24, 2.45) is 0 Å². The van der Waals surface area contributed by atoms with Crippen LogP contribution in [-0.4, -0.2) is 22.8 Å². The lowest BCUT2D eigenvalue weighted by atomic mass is 10.5. The van der Waals surface area contributed by atoms with Gasteiger partial charge in [0.1, 0.15) is 17.9 Å². The first kappa shape index (κ1) is 13.3. The van der Waals surface area contributed by atoms with Crippen LogP contribution >= 0.6 is 7.94 Å². The maximum atomic E-state index is 10.1. The molecule has 0 fully saturated rings. The number of hydrogen-bond donors (Lipinski definition) is 1. The van der Waals surface area contributed by atoms with E-state index in [4.69, 9.17) is 9.05 Å². The summed E-state index contributed by atoms with van der Waals surface area (Å²) in [6.07, 6.45) is -0.000957. The van der Waals surface area contributed by atoms with Crippen LogP contribution in [0.4, 0.5) is 0 Å². The molecule has 1 N–H and O–H groups in total. The van der Waals surface area contributed by atoms with Gasteiger partial charge in [0, 0.05) is 0 Å². The van der Waals surface area contributed by atoms with E-state index < -0.39 is 7.94 Å². The molecule has 0 saturated carbocycles. The van der Waals surface area contributed by atoms with Crippen LogP contribution in [0.1, 0.15) is 41.5 Å². The largest absolute Gasteiger partial charge is 0.411 e. The van der Waals surface area contributed by atoms with Crippen molar-refractivity contribution in [1.29, 1.82) is 0 Å². The molecule has 0 aliphatic rings. The second kappa shape index (κ2) is 5.26. The maximum Gasteiger partial charge on any atom is 0.411 e. The molecule has 0 bridgehead atoms. The van der Waals surface area contributed by atoms with Gasteiger partial charge in [0.15, 0.2) is 0 Å². The molecule has 4 heteroatoms. The highest BCUT2D eigenvalue weighted by atomic mass is 31.2. The molecule has 0 saturated heterocycles. The van der Waals surface area contributed by atoms with Crippen molar-refractivity contribution < 1.29 is 13.9 Å². The van der Waals surface area contributed by atoms with Crippen molar-refractivity contribution in [3.63, 3.8) is 0 Å². The Bertz CT molecular complexity index is 136. The first-order valence-corrected chi connectivity index (χ1v) is 6.41. The van der Waals surface area contributed by atoms with Gasteiger partial charge in [0.2, 0.25) is 0 Å². The second-order valence-electron chi connectivity index (χ2n) is 3.97. The average Bonchev–Trinajstić information content (AvgIpc) is 1.82. The summed E-state index contributed by atoms with van der Waals surface area (Å²) in [5, 5.41) is 0. The van der Waals surface area contributed by atoms with Crippen LogP contribution in [0.2, 0.25) is 0 Å². The summed E-state index contributed by atoms with van der Waals surface area (Å²) in [5.41, 5.74) is 0.0253. The molecule has 0 atom stereocenters. The molecule has 0 radical (unpaired) electrons. The van der Waals surface area contributed by atoms with E-state index in [0.717, 1.165) is 0 Å². The van der Waals surface area contributed by atoms with E-state index >= 15 is 0 Å². The van der Waals surface area contributed by atoms with Crippen LogP contribution in [0.5, 0.6) is 0 Å². The molecule has 0 amide bonds. The molecule has 0 heterocycles. The zero-order chi connectivity index (χ0) is 10.6. The van der Waals surface area contributed by atoms with Gasteiger partial charge in [-0.2, -0.15) is 13.9 Å². The van der Waals surface area contributed by atoms with E-state index in [1.165, 1.54) is 0 Å². The minimum Gasteiger partial charge on any atom is -0.192 e. The molecule has 0 spiro atoms. The standard InChI is InChI=1S/C9H22O3P/c1-7(2)11-13(10,9(5)6)12-8(3)4/h7-10H,1-6H3/q+1. The van der Waals surface area contributed by atoms with Crippen LogP contribution < -0.4 is 0 Å². The fourth-order valence-electron chi connectivity index (χ4n) is 0.872. The van der Waals surface area contributed by atoms with E-state index in [0.29, 0.717) is 0 Å². The van der Waals surface area contributed by atoms with Gasteiger partial charge in [-0.3, -0.25) is 0 Å². The van der Waals surface area contributed by atoms with Crippen LogP contribution in [0.25, 0.3) is 0 Å². The summed E-state index contributed by atoms with van der Waals surface area (Å²) in [6.45, 7) is 11.4. The Morgan fingerprint density at radius 2 is 1.15 bits per heavy atom. The van der Waals surface area contributed by atoms with Crippen LogP contribution in [-0.2, 0) is 9.05 Å². The summed E-state index contributed by atoms with van der Waals surface area (Å²) >= 11 is 0. The Hall–Kier alpha value is 0.310. The average molecular weight is 209 g/mol. The lowest BCUT2D eigenvalue weighted by Gasteiger charge is -2.23. The van der Waals surface area contributed by atoms with Gasteiger partial charge in [-0.25, -0.2) is 0 Å². The van der Waals surface area contributed by atoms with E-state index in [1.807, 2.05) is 41.5 Å². The van der Waals surface area contributed by atoms with Crippen LogP contribution in [0.3, 0.4) is 0 Å². The quantitative estimate of drug-likeness (QED) is 0.707. The lowest BCUT2D eigenvalue weighted by Crippen LogP contribution is -2.18. The van der Waals surface area contributed by atoms with Crippen molar-refractivity contribution in [2.45, 2.75) is 59.4 Å². The summed E-state index contributed by atoms with van der Waals surface area (Å²) in [7, 11) is -2.65. The fourth-order valence-corrected chi connectivity index (χ4v) is 2.62. The third-order valence-electron chi connectivity index (χ3n) is 1.38. The highest BCUT2D eigenvalue weighted by Gasteiger charge is 2.46. The molecule has 3 nitrogen and oxygen atoms in total. The molecule has 0 aromatic heterocycles. The Kier molecular flexibility index (Phi) is 5.38. The van der Waals surface area contributed by atoms with Crippen molar-refractivity contribution in [2.75, 3.05) is 0 Å². The van der Waals surface area contributed by atoms with Gasteiger partial charge in [0.05, 0.1) is 0 Å². The molecule has 0 unspecified atom stereocenters. The predicted molar refractivity (Wildman–Crippen MR) is 56.7 cm³/mol. The van der Waals surface area contributed by atoms with Crippen molar-refractivity contribution in [1.82, 2.24) is 0 Å². The van der Waals surface area contributed by atoms with Crippen molar-refractivity contribution in [3.8, 4) is 0 Å². The smallest absolute Gasteiger partial charge is 0.192 e. The molecule has 0 rings (SSSR count). The summed E-state index contributed by atoms with van der Waals surface area (Å²) in [4.78, 5) is 10.1. The van der Waals surface area contributed by atoms with Gasteiger partial charge in [0.25, 0.3) is 0 Å². The Morgan fingerprint density at radius 1 is 0.846 bits per heavy atom. The lowest BCUT2D eigenvalue weighted by molar-refractivity contribution is 0.113. The van der Waals surface area contributed by atoms with E-state index in [2.05, 4.69) is 0 Å². The molecule has 0 aliphatic carbocycles. The summed E-state index contributed by atoms with van der Waals surface area (Å²) < 4.78 is 10.9. The van der Waals surface area contributed by atoms with Gasteiger partial charge in [-0.05, 0) is 41.5 Å². The Labute approximate surface area is 82.0 Å². The third-order valence-corrected chi connectivity index (χ3v) is 4.13. The number of hydrogen-bond acceptors (Lipinski definition) is 3. The molecule has 13 heavy (non-hydrogen) atoms. The third kappa shape index (κ3) is 4.92. The highest BCUT2D eigenvalue weighted by Crippen LogP contribution is 2.62. The van der Waals surface area contributed by atoms with E-state index in [9.17, 15) is 4.89 Å². The molecule has 0 aromatic rings. The van der Waals surface area contributed by atoms with Crippen molar-refractivity contribution in [3.05, 3.63) is 0 Å². The first-order chi connectivity index (χ1) is 5.78. The normalized spacial score (nSPS) is 13.4. The van der Waals surface area contributed by atoms with Gasteiger partial charge >= 0.3 is 7.94 Å². The minimum absolute atomic E-state index is 0.000478. The number of rotatable bonds is 5. The summed E-state index contributed by atoms with van der Waals surface area (Å²) in [6, 6.07) is 0. The Morgan fingerprint density at radius 3 is 1.31 bits per heavy atom. The topological polar surface area (TPSA) is 38.7 Å². The van der Waals surface area contributed by atoms with Gasteiger partial charge in [-0.1, -0.05) is 0 Å². The maximum absolute atomic E-state index is 10.1. The molecule has 80 valence electrons. The molecular weight excluding hydrogens is 187 g/mol. The minimum atomic E-state index is -2.65. The predicted octanol–water partition coefficient (Wildman–Crippen LogP) is 3.00. The zero-order valence-electron chi connectivity index (χ0n) is 9.44. The fraction of sp³-hybridized carbons (Fsp3) is 1.00. The Balaban J connectivity index is 4.34. The molecule has 0 aliphatic heterocycles. The second-order valence-corrected chi connectivity index (χ2v) is 6.55. The molecule has 0 aromatic carbocycles. The summed E-state index contributed by atoms with van der Waals surface area (Å²) in [5.74, 6) is 0. The van der Waals surface area contributed by atoms with Crippen LogP contribution in [0, 0.1) is 0 Å². The first-order valence-electron chi connectivity index (χ1n) is 4.76. The monoisotopic (exact) mass is 209 g/mol. The van der Waals surface area contributed by atoms with Gasteiger partial charge in [-0.15, -0.1) is 0 Å². The van der Waals surface area contributed by atoms with Crippen LogP contribution in [0.15, 0.2) is 0 Å². The van der Waals surface area contributed by atoms with E-state index in [-0.39, 0.29) is 17.9 Å². The highest BCUT2D eigenvalue weighted by molar-refractivity contribution is 7.61. The van der Waals surface area contributed by atoms with Crippen molar-refractivity contribution >= 4 is 7.94 Å². The van der Waals surface area contributed by atoms with Gasteiger partial charge < -0.3 is 0 Å². The molecular formula is C9H22O3P+.